The van der Waals surface area contributed by atoms with E-state index in [-0.39, 0.29) is 11.5 Å². The highest BCUT2D eigenvalue weighted by Crippen LogP contribution is 2.38. The Hall–Kier alpha value is -2.09. The molecule has 0 spiro atoms. The lowest BCUT2D eigenvalue weighted by molar-refractivity contribution is 0.104. The number of aromatic hydroxyl groups is 1. The van der Waals surface area contributed by atoms with E-state index in [0.717, 1.165) is 22.3 Å². The molecule has 0 bridgehead atoms. The molecule has 0 saturated carbocycles. The molecule has 0 atom stereocenters. The predicted molar refractivity (Wildman–Crippen MR) is 84.4 cm³/mol. The van der Waals surface area contributed by atoms with Crippen molar-refractivity contribution >= 4 is 5.78 Å². The van der Waals surface area contributed by atoms with E-state index in [1.807, 2.05) is 52.8 Å². The highest BCUT2D eigenvalue weighted by atomic mass is 16.3. The number of rotatable bonds is 0. The van der Waals surface area contributed by atoms with E-state index in [0.29, 0.717) is 5.56 Å². The maximum atomic E-state index is 12.0. The first-order valence-electron chi connectivity index (χ1n) is 7.15. The van der Waals surface area contributed by atoms with Crippen molar-refractivity contribution in [1.82, 2.24) is 0 Å². The first kappa shape index (κ1) is 16.0. The van der Waals surface area contributed by atoms with Crippen LogP contribution in [0.2, 0.25) is 0 Å². The van der Waals surface area contributed by atoms with Gasteiger partial charge in [0.1, 0.15) is 5.75 Å². The highest BCUT2D eigenvalue weighted by Gasteiger charge is 2.26. The molecule has 1 N–H and O–H groups in total. The van der Waals surface area contributed by atoms with E-state index in [1.54, 1.807) is 12.1 Å². The Morgan fingerprint density at radius 1 is 0.750 bits per heavy atom. The summed E-state index contributed by atoms with van der Waals surface area (Å²) in [5.41, 5.74) is 4.35. The van der Waals surface area contributed by atoms with Crippen molar-refractivity contribution in [3.8, 4) is 16.9 Å². The van der Waals surface area contributed by atoms with E-state index in [9.17, 15) is 9.90 Å². The molecule has 0 fully saturated rings. The molecule has 1 aliphatic carbocycles. The minimum absolute atomic E-state index is 0.000833. The van der Waals surface area contributed by atoms with Gasteiger partial charge in [0.15, 0.2) is 5.78 Å². The monoisotopic (exact) mass is 270 g/mol. The predicted octanol–water partition coefficient (Wildman–Crippen LogP) is 4.96. The van der Waals surface area contributed by atoms with Gasteiger partial charge in [-0.2, -0.15) is 0 Å². The molecule has 0 aliphatic heterocycles. The molecule has 0 radical (unpaired) electrons. The molecule has 0 unspecified atom stereocenters. The van der Waals surface area contributed by atoms with Crippen LogP contribution >= 0.6 is 0 Å². The Balaban J connectivity index is 0.000000461. The van der Waals surface area contributed by atoms with E-state index in [2.05, 4.69) is 0 Å². The molecular weight excluding hydrogens is 248 g/mol. The normalized spacial score (nSPS) is 10.6. The standard InChI is InChI=1S/C14H10O2.2C2H6/c1-8-2-4-11-12(6-8)10-5-3-9(15)7-13(10)14(11)16;2*1-2/h2-7,15H,1H3;2*1-2H3. The number of carbonyl (C=O) groups is 1. The van der Waals surface area contributed by atoms with Crippen LogP contribution in [0.3, 0.4) is 0 Å². The van der Waals surface area contributed by atoms with Crippen LogP contribution in [0.5, 0.6) is 5.75 Å². The summed E-state index contributed by atoms with van der Waals surface area (Å²) < 4.78 is 0. The van der Waals surface area contributed by atoms with Crippen LogP contribution in [0, 0.1) is 6.92 Å². The zero-order valence-electron chi connectivity index (χ0n) is 12.8. The number of phenols is 1. The molecule has 0 heterocycles. The van der Waals surface area contributed by atoms with Crippen molar-refractivity contribution in [2.45, 2.75) is 34.6 Å². The number of fused-ring (bicyclic) bond motifs is 3. The summed E-state index contributed by atoms with van der Waals surface area (Å²) in [6.07, 6.45) is 0. The second-order valence-corrected chi connectivity index (χ2v) is 4.11. The Labute approximate surface area is 121 Å². The van der Waals surface area contributed by atoms with Crippen molar-refractivity contribution in [2.75, 3.05) is 0 Å². The minimum atomic E-state index is 0.000833. The summed E-state index contributed by atoms with van der Waals surface area (Å²) in [6, 6.07) is 10.7. The molecule has 0 aromatic heterocycles. The molecule has 0 saturated heterocycles. The SMILES string of the molecule is CC.CC.Cc1ccc2c(c1)-c1ccc(O)cc1C2=O. The number of carbonyl (C=O) groups excluding carboxylic acids is 1. The molecule has 2 aromatic carbocycles. The smallest absolute Gasteiger partial charge is 0.194 e. The molecular formula is C18H22O2. The van der Waals surface area contributed by atoms with Gasteiger partial charge in [0.05, 0.1) is 0 Å². The van der Waals surface area contributed by atoms with Crippen LogP contribution in [0.25, 0.3) is 11.1 Å². The van der Waals surface area contributed by atoms with Gasteiger partial charge in [-0.1, -0.05) is 51.5 Å². The number of ketones is 1. The van der Waals surface area contributed by atoms with Gasteiger partial charge in [0.2, 0.25) is 0 Å². The lowest BCUT2D eigenvalue weighted by Gasteiger charge is -2.00. The Bertz CT molecular complexity index is 613. The zero-order valence-corrected chi connectivity index (χ0v) is 12.8. The number of hydrogen-bond acceptors (Lipinski definition) is 2. The van der Waals surface area contributed by atoms with E-state index < -0.39 is 0 Å². The topological polar surface area (TPSA) is 37.3 Å². The van der Waals surface area contributed by atoms with Crippen LogP contribution in [0.15, 0.2) is 36.4 Å². The highest BCUT2D eigenvalue weighted by molar-refractivity contribution is 6.21. The molecule has 0 amide bonds. The summed E-state index contributed by atoms with van der Waals surface area (Å²) in [6.45, 7) is 10.0. The van der Waals surface area contributed by atoms with Crippen molar-refractivity contribution < 1.29 is 9.90 Å². The van der Waals surface area contributed by atoms with Crippen LogP contribution < -0.4 is 0 Å². The molecule has 1 aliphatic rings. The van der Waals surface area contributed by atoms with Crippen LogP contribution in [-0.4, -0.2) is 10.9 Å². The average molecular weight is 270 g/mol. The summed E-state index contributed by atoms with van der Waals surface area (Å²) in [5, 5.41) is 9.40. The third-order valence-corrected chi connectivity index (χ3v) is 2.96. The number of phenolic OH excluding ortho intramolecular Hbond substituents is 1. The maximum absolute atomic E-state index is 12.0. The number of hydrogen-bond donors (Lipinski definition) is 1. The summed E-state index contributed by atoms with van der Waals surface area (Å²) in [5.74, 6) is 0.137. The molecule has 2 heteroatoms. The second kappa shape index (κ2) is 6.90. The quantitative estimate of drug-likeness (QED) is 0.626. The Morgan fingerprint density at radius 3 is 2.00 bits per heavy atom. The fraction of sp³-hybridized carbons (Fsp3) is 0.278. The third-order valence-electron chi connectivity index (χ3n) is 2.96. The largest absolute Gasteiger partial charge is 0.508 e. The number of benzene rings is 2. The van der Waals surface area contributed by atoms with E-state index >= 15 is 0 Å². The fourth-order valence-corrected chi connectivity index (χ4v) is 2.18. The van der Waals surface area contributed by atoms with Gasteiger partial charge in [0, 0.05) is 11.1 Å². The fourth-order valence-electron chi connectivity index (χ4n) is 2.18. The van der Waals surface area contributed by atoms with Gasteiger partial charge in [-0.3, -0.25) is 4.79 Å². The molecule has 2 aromatic rings. The summed E-state index contributed by atoms with van der Waals surface area (Å²) in [4.78, 5) is 12.0. The minimum Gasteiger partial charge on any atom is -0.508 e. The first-order valence-corrected chi connectivity index (χ1v) is 7.15. The van der Waals surface area contributed by atoms with E-state index in [1.165, 1.54) is 6.07 Å². The van der Waals surface area contributed by atoms with Crippen LogP contribution in [0.1, 0.15) is 49.2 Å². The van der Waals surface area contributed by atoms with Crippen molar-refractivity contribution in [2.24, 2.45) is 0 Å². The second-order valence-electron chi connectivity index (χ2n) is 4.11. The molecule has 20 heavy (non-hydrogen) atoms. The molecule has 3 rings (SSSR count). The van der Waals surface area contributed by atoms with Gasteiger partial charge >= 0.3 is 0 Å². The Morgan fingerprint density at radius 2 is 1.35 bits per heavy atom. The van der Waals surface area contributed by atoms with Gasteiger partial charge in [-0.05, 0) is 36.2 Å². The van der Waals surface area contributed by atoms with Crippen molar-refractivity contribution in [1.29, 1.82) is 0 Å². The van der Waals surface area contributed by atoms with Crippen LogP contribution in [-0.2, 0) is 0 Å². The first-order chi connectivity index (χ1) is 9.66. The molecule has 2 nitrogen and oxygen atoms in total. The summed E-state index contributed by atoms with van der Waals surface area (Å²) in [7, 11) is 0. The third kappa shape index (κ3) is 2.74. The van der Waals surface area contributed by atoms with Gasteiger partial charge in [0.25, 0.3) is 0 Å². The van der Waals surface area contributed by atoms with Crippen LogP contribution in [0.4, 0.5) is 0 Å². The average Bonchev–Trinajstić information content (AvgIpc) is 2.76. The van der Waals surface area contributed by atoms with Gasteiger partial charge in [-0.15, -0.1) is 0 Å². The number of aryl methyl sites for hydroxylation is 1. The van der Waals surface area contributed by atoms with Gasteiger partial charge < -0.3 is 5.11 Å². The maximum Gasteiger partial charge on any atom is 0.194 e. The van der Waals surface area contributed by atoms with Crippen molar-refractivity contribution in [3.63, 3.8) is 0 Å². The van der Waals surface area contributed by atoms with E-state index in [4.69, 9.17) is 0 Å². The zero-order chi connectivity index (χ0) is 15.3. The lowest BCUT2D eigenvalue weighted by atomic mass is 10.0. The molecule has 106 valence electrons. The lowest BCUT2D eigenvalue weighted by Crippen LogP contribution is -1.94. The summed E-state index contributed by atoms with van der Waals surface area (Å²) >= 11 is 0. The van der Waals surface area contributed by atoms with Gasteiger partial charge in [-0.25, -0.2) is 0 Å². The van der Waals surface area contributed by atoms with Crippen molar-refractivity contribution in [3.05, 3.63) is 53.1 Å². The Kier molecular flexibility index (Phi) is 5.51.